The van der Waals surface area contributed by atoms with Crippen LogP contribution in [0, 0.1) is 17.3 Å². The van der Waals surface area contributed by atoms with Crippen molar-refractivity contribution < 1.29 is 0 Å². The summed E-state index contributed by atoms with van der Waals surface area (Å²) < 4.78 is 0. The van der Waals surface area contributed by atoms with Crippen molar-refractivity contribution in [3.05, 3.63) is 0 Å². The maximum Gasteiger partial charge on any atom is 0.00388 e. The van der Waals surface area contributed by atoms with Crippen LogP contribution in [-0.2, 0) is 0 Å². The van der Waals surface area contributed by atoms with Crippen LogP contribution < -0.4 is 0 Å². The molecule has 16 heavy (non-hydrogen) atoms. The van der Waals surface area contributed by atoms with Gasteiger partial charge in [0.2, 0.25) is 0 Å². The predicted molar refractivity (Wildman–Crippen MR) is 70.6 cm³/mol. The molecule has 0 amide bonds. The Morgan fingerprint density at radius 3 is 2.31 bits per heavy atom. The fourth-order valence-electron chi connectivity index (χ4n) is 3.38. The highest BCUT2D eigenvalue weighted by Crippen LogP contribution is 2.52. The van der Waals surface area contributed by atoms with Crippen LogP contribution in [0.4, 0.5) is 0 Å². The lowest BCUT2D eigenvalue weighted by Gasteiger charge is -2.21. The van der Waals surface area contributed by atoms with Gasteiger partial charge < -0.3 is 4.90 Å². The van der Waals surface area contributed by atoms with Crippen molar-refractivity contribution >= 4 is 0 Å². The Bertz CT molecular complexity index is 230. The summed E-state index contributed by atoms with van der Waals surface area (Å²) in [6, 6.07) is 0.747. The monoisotopic (exact) mass is 223 g/mol. The zero-order valence-electron chi connectivity index (χ0n) is 11.6. The third-order valence-electron chi connectivity index (χ3n) is 4.85. The van der Waals surface area contributed by atoms with Crippen LogP contribution in [0.3, 0.4) is 0 Å². The van der Waals surface area contributed by atoms with Crippen molar-refractivity contribution in [2.75, 3.05) is 13.1 Å². The van der Waals surface area contributed by atoms with Crippen molar-refractivity contribution in [1.82, 2.24) is 4.90 Å². The van der Waals surface area contributed by atoms with Gasteiger partial charge in [-0.25, -0.2) is 0 Å². The molecule has 0 bridgehead atoms. The highest BCUT2D eigenvalue weighted by molar-refractivity contribution is 4.95. The van der Waals surface area contributed by atoms with Crippen LogP contribution in [0.2, 0.25) is 0 Å². The second-order valence-electron chi connectivity index (χ2n) is 6.87. The Labute approximate surface area is 102 Å². The molecule has 2 fully saturated rings. The number of hydrogen-bond donors (Lipinski definition) is 0. The van der Waals surface area contributed by atoms with Gasteiger partial charge in [0, 0.05) is 19.1 Å². The molecule has 1 saturated heterocycles. The molecular weight excluding hydrogens is 194 g/mol. The minimum absolute atomic E-state index is 0.740. The van der Waals surface area contributed by atoms with E-state index in [0.29, 0.717) is 0 Å². The first-order chi connectivity index (χ1) is 7.54. The molecule has 1 heteroatoms. The molecule has 1 saturated carbocycles. The molecule has 2 unspecified atom stereocenters. The van der Waals surface area contributed by atoms with Gasteiger partial charge in [0.1, 0.15) is 0 Å². The van der Waals surface area contributed by atoms with Gasteiger partial charge in [0.25, 0.3) is 0 Å². The van der Waals surface area contributed by atoms with E-state index in [9.17, 15) is 0 Å². The first-order valence-corrected chi connectivity index (χ1v) is 7.28. The summed E-state index contributed by atoms with van der Waals surface area (Å²) in [5.41, 5.74) is 0.740. The van der Waals surface area contributed by atoms with Crippen molar-refractivity contribution in [3.8, 4) is 0 Å². The molecule has 0 N–H and O–H groups in total. The average Bonchev–Trinajstić information content (AvgIpc) is 2.79. The first-order valence-electron chi connectivity index (χ1n) is 7.28. The summed E-state index contributed by atoms with van der Waals surface area (Å²) in [5.74, 6) is 1.99. The Kier molecular flexibility index (Phi) is 3.63. The zero-order chi connectivity index (χ0) is 11.8. The van der Waals surface area contributed by atoms with Gasteiger partial charge in [-0.2, -0.15) is 0 Å². The molecule has 1 aliphatic heterocycles. The van der Waals surface area contributed by atoms with E-state index in [1.807, 2.05) is 0 Å². The smallest absolute Gasteiger partial charge is 0.00388 e. The number of likely N-dealkylation sites (tertiary alicyclic amines) is 1. The highest BCUT2D eigenvalue weighted by Gasteiger charge is 2.43. The van der Waals surface area contributed by atoms with Crippen LogP contribution in [-0.4, -0.2) is 24.0 Å². The van der Waals surface area contributed by atoms with Gasteiger partial charge in [-0.3, -0.25) is 0 Å². The molecule has 2 aliphatic rings. The third kappa shape index (κ3) is 2.80. The molecule has 0 aromatic carbocycles. The summed E-state index contributed by atoms with van der Waals surface area (Å²) in [4.78, 5) is 2.71. The molecule has 2 atom stereocenters. The second kappa shape index (κ2) is 4.68. The molecule has 1 aliphatic carbocycles. The summed E-state index contributed by atoms with van der Waals surface area (Å²) >= 11 is 0. The minimum atomic E-state index is 0.740. The van der Waals surface area contributed by atoms with Crippen LogP contribution >= 0.6 is 0 Å². The second-order valence-corrected chi connectivity index (χ2v) is 6.87. The lowest BCUT2D eigenvalue weighted by molar-refractivity contribution is 0.255. The minimum Gasteiger partial charge on any atom is -0.300 e. The molecule has 0 radical (unpaired) electrons. The van der Waals surface area contributed by atoms with Crippen LogP contribution in [0.25, 0.3) is 0 Å². The summed E-state index contributed by atoms with van der Waals surface area (Å²) in [5, 5.41) is 0. The van der Waals surface area contributed by atoms with E-state index in [-0.39, 0.29) is 0 Å². The topological polar surface area (TPSA) is 3.24 Å². The Hall–Kier alpha value is -0.0400. The van der Waals surface area contributed by atoms with E-state index < -0.39 is 0 Å². The van der Waals surface area contributed by atoms with Crippen molar-refractivity contribution in [2.24, 2.45) is 17.3 Å². The quantitative estimate of drug-likeness (QED) is 0.682. The van der Waals surface area contributed by atoms with Crippen LogP contribution in [0.5, 0.6) is 0 Å². The van der Waals surface area contributed by atoms with E-state index in [2.05, 4.69) is 32.6 Å². The van der Waals surface area contributed by atoms with Crippen molar-refractivity contribution in [2.45, 2.75) is 65.8 Å². The van der Waals surface area contributed by atoms with E-state index >= 15 is 0 Å². The Balaban J connectivity index is 1.92. The van der Waals surface area contributed by atoms with Crippen LogP contribution in [0.1, 0.15) is 59.8 Å². The lowest BCUT2D eigenvalue weighted by atomic mass is 9.84. The molecule has 2 rings (SSSR count). The SMILES string of the molecule is CCCC1CN(C(C)C)CC1CC1(C)CC1. The van der Waals surface area contributed by atoms with E-state index in [0.717, 1.165) is 23.3 Å². The van der Waals surface area contributed by atoms with E-state index in [4.69, 9.17) is 0 Å². The van der Waals surface area contributed by atoms with Crippen molar-refractivity contribution in [3.63, 3.8) is 0 Å². The summed E-state index contributed by atoms with van der Waals surface area (Å²) in [6.45, 7) is 12.3. The standard InChI is InChI=1S/C15H29N/c1-5-6-13-10-16(12(2)3)11-14(13)9-15(4)7-8-15/h12-14H,5-11H2,1-4H3. The number of nitrogens with zero attached hydrogens (tertiary/aromatic N) is 1. The van der Waals surface area contributed by atoms with E-state index in [1.165, 1.54) is 45.2 Å². The zero-order valence-corrected chi connectivity index (χ0v) is 11.6. The first kappa shape index (κ1) is 12.4. The van der Waals surface area contributed by atoms with Gasteiger partial charge >= 0.3 is 0 Å². The van der Waals surface area contributed by atoms with Gasteiger partial charge in [0.15, 0.2) is 0 Å². The number of hydrogen-bond acceptors (Lipinski definition) is 1. The maximum atomic E-state index is 2.71. The molecule has 1 nitrogen and oxygen atoms in total. The summed E-state index contributed by atoms with van der Waals surface area (Å²) in [6.07, 6.45) is 7.29. The van der Waals surface area contributed by atoms with Crippen molar-refractivity contribution in [1.29, 1.82) is 0 Å². The van der Waals surface area contributed by atoms with Crippen LogP contribution in [0.15, 0.2) is 0 Å². The van der Waals surface area contributed by atoms with Gasteiger partial charge in [-0.1, -0.05) is 20.3 Å². The lowest BCUT2D eigenvalue weighted by Crippen LogP contribution is -2.28. The molecule has 0 spiro atoms. The largest absolute Gasteiger partial charge is 0.300 e. The normalized spacial score (nSPS) is 33.6. The number of rotatable bonds is 5. The maximum absolute atomic E-state index is 2.71. The molecular formula is C15H29N. The third-order valence-corrected chi connectivity index (χ3v) is 4.85. The van der Waals surface area contributed by atoms with Gasteiger partial charge in [0.05, 0.1) is 0 Å². The Morgan fingerprint density at radius 1 is 1.19 bits per heavy atom. The summed E-state index contributed by atoms with van der Waals surface area (Å²) in [7, 11) is 0. The van der Waals surface area contributed by atoms with E-state index in [1.54, 1.807) is 0 Å². The molecule has 0 aromatic rings. The fourth-order valence-corrected chi connectivity index (χ4v) is 3.38. The molecule has 1 heterocycles. The Morgan fingerprint density at radius 2 is 1.81 bits per heavy atom. The molecule has 0 aromatic heterocycles. The average molecular weight is 223 g/mol. The fraction of sp³-hybridized carbons (Fsp3) is 1.00. The predicted octanol–water partition coefficient (Wildman–Crippen LogP) is 3.93. The highest BCUT2D eigenvalue weighted by atomic mass is 15.2. The van der Waals surface area contributed by atoms with Gasteiger partial charge in [-0.15, -0.1) is 0 Å². The molecule has 94 valence electrons. The van der Waals surface area contributed by atoms with Gasteiger partial charge in [-0.05, 0) is 56.8 Å².